The quantitative estimate of drug-likeness (QED) is 0.867. The number of amides is 2. The summed E-state index contributed by atoms with van der Waals surface area (Å²) in [6, 6.07) is 14.0. The Morgan fingerprint density at radius 3 is 2.23 bits per heavy atom. The van der Waals surface area contributed by atoms with Gasteiger partial charge in [0.25, 0.3) is 0 Å². The Morgan fingerprint density at radius 2 is 1.68 bits per heavy atom. The van der Waals surface area contributed by atoms with Crippen LogP contribution in [0, 0.1) is 0 Å². The van der Waals surface area contributed by atoms with Crippen LogP contribution < -0.4 is 10.2 Å². The van der Waals surface area contributed by atoms with Crippen molar-refractivity contribution in [3.05, 3.63) is 58.0 Å². The highest BCUT2D eigenvalue weighted by Crippen LogP contribution is 2.19. The van der Waals surface area contributed by atoms with E-state index in [0.29, 0.717) is 16.4 Å². The summed E-state index contributed by atoms with van der Waals surface area (Å²) in [5.41, 5.74) is 1.30. The summed E-state index contributed by atoms with van der Waals surface area (Å²) in [5.74, 6) is -0.485. The summed E-state index contributed by atoms with van der Waals surface area (Å²) in [7, 11) is 0. The Bertz CT molecular complexity index is 672. The van der Waals surface area contributed by atoms with Gasteiger partial charge in [0.05, 0.1) is 0 Å². The normalized spacial score (nSPS) is 10.1. The number of carbonyl (C=O) groups excluding carboxylic acids is 2. The van der Waals surface area contributed by atoms with E-state index in [1.54, 1.807) is 36.4 Å². The minimum absolute atomic E-state index is 0.0625. The Morgan fingerprint density at radius 1 is 1.09 bits per heavy atom. The third kappa shape index (κ3) is 4.58. The first-order chi connectivity index (χ1) is 10.5. The molecule has 2 aromatic rings. The van der Waals surface area contributed by atoms with Gasteiger partial charge >= 0.3 is 0 Å². The first kappa shape index (κ1) is 16.5. The molecule has 2 rings (SSSR count). The second-order valence-corrected chi connectivity index (χ2v) is 5.99. The van der Waals surface area contributed by atoms with Crippen molar-refractivity contribution in [2.45, 2.75) is 6.92 Å². The molecule has 0 aromatic heterocycles. The van der Waals surface area contributed by atoms with Crippen LogP contribution in [0.1, 0.15) is 6.92 Å². The standard InChI is InChI=1S/C16H14BrClN2O2/c1-11(21)20(15-8-4-13(18)5-9-15)10-16(22)19-14-6-2-12(17)3-7-14/h2-9H,10H2,1H3,(H,19,22). The summed E-state index contributed by atoms with van der Waals surface area (Å²) in [6.45, 7) is 1.36. The van der Waals surface area contributed by atoms with Crippen molar-refractivity contribution >= 4 is 50.7 Å². The second-order valence-electron chi connectivity index (χ2n) is 4.64. The predicted octanol–water partition coefficient (Wildman–Crippen LogP) is 4.09. The fourth-order valence-corrected chi connectivity index (χ4v) is 2.27. The van der Waals surface area contributed by atoms with Gasteiger partial charge in [-0.25, -0.2) is 0 Å². The molecule has 4 nitrogen and oxygen atoms in total. The zero-order valence-corrected chi connectivity index (χ0v) is 14.2. The lowest BCUT2D eigenvalue weighted by Gasteiger charge is -2.20. The van der Waals surface area contributed by atoms with E-state index in [1.165, 1.54) is 11.8 Å². The minimum Gasteiger partial charge on any atom is -0.325 e. The number of hydrogen-bond donors (Lipinski definition) is 1. The first-order valence-electron chi connectivity index (χ1n) is 6.55. The third-order valence-electron chi connectivity index (χ3n) is 2.95. The molecular formula is C16H14BrClN2O2. The van der Waals surface area contributed by atoms with Crippen molar-refractivity contribution in [2.24, 2.45) is 0 Å². The van der Waals surface area contributed by atoms with E-state index in [4.69, 9.17) is 11.6 Å². The minimum atomic E-state index is -0.271. The maximum absolute atomic E-state index is 12.1. The number of nitrogens with zero attached hydrogens (tertiary/aromatic N) is 1. The summed E-state index contributed by atoms with van der Waals surface area (Å²) in [6.07, 6.45) is 0. The molecule has 1 N–H and O–H groups in total. The van der Waals surface area contributed by atoms with Gasteiger partial charge in [-0.3, -0.25) is 9.59 Å². The zero-order valence-electron chi connectivity index (χ0n) is 11.8. The van der Waals surface area contributed by atoms with Crippen molar-refractivity contribution in [1.82, 2.24) is 0 Å². The lowest BCUT2D eigenvalue weighted by Crippen LogP contribution is -2.36. The van der Waals surface area contributed by atoms with Gasteiger partial charge in [0.2, 0.25) is 11.8 Å². The molecule has 6 heteroatoms. The average Bonchev–Trinajstić information content (AvgIpc) is 2.48. The molecule has 0 fully saturated rings. The molecule has 2 aromatic carbocycles. The SMILES string of the molecule is CC(=O)N(CC(=O)Nc1ccc(Br)cc1)c1ccc(Cl)cc1. The van der Waals surface area contributed by atoms with Crippen molar-refractivity contribution in [3.63, 3.8) is 0 Å². The number of rotatable bonds is 4. The van der Waals surface area contributed by atoms with Gasteiger partial charge in [-0.1, -0.05) is 27.5 Å². The topological polar surface area (TPSA) is 49.4 Å². The van der Waals surface area contributed by atoms with E-state index in [2.05, 4.69) is 21.2 Å². The molecule has 22 heavy (non-hydrogen) atoms. The fraction of sp³-hybridized carbons (Fsp3) is 0.125. The molecule has 114 valence electrons. The maximum atomic E-state index is 12.1. The monoisotopic (exact) mass is 380 g/mol. The number of benzene rings is 2. The van der Waals surface area contributed by atoms with Crippen LogP contribution in [-0.4, -0.2) is 18.4 Å². The van der Waals surface area contributed by atoms with Gasteiger partial charge in [0.15, 0.2) is 0 Å². The van der Waals surface area contributed by atoms with Crippen molar-refractivity contribution in [3.8, 4) is 0 Å². The van der Waals surface area contributed by atoms with E-state index in [9.17, 15) is 9.59 Å². The van der Waals surface area contributed by atoms with Crippen LogP contribution in [0.2, 0.25) is 5.02 Å². The van der Waals surface area contributed by atoms with Crippen LogP contribution in [0.3, 0.4) is 0 Å². The predicted molar refractivity (Wildman–Crippen MR) is 92.3 cm³/mol. The molecule has 0 bridgehead atoms. The van der Waals surface area contributed by atoms with Gasteiger partial charge < -0.3 is 10.2 Å². The summed E-state index contributed by atoms with van der Waals surface area (Å²) in [5, 5.41) is 3.33. The van der Waals surface area contributed by atoms with E-state index < -0.39 is 0 Å². The van der Waals surface area contributed by atoms with Gasteiger partial charge in [-0.2, -0.15) is 0 Å². The van der Waals surface area contributed by atoms with Gasteiger partial charge in [-0.05, 0) is 48.5 Å². The Labute approximate surface area is 142 Å². The van der Waals surface area contributed by atoms with Crippen LogP contribution in [0.4, 0.5) is 11.4 Å². The smallest absolute Gasteiger partial charge is 0.244 e. The van der Waals surface area contributed by atoms with Crippen LogP contribution in [0.15, 0.2) is 53.0 Å². The number of halogens is 2. The first-order valence-corrected chi connectivity index (χ1v) is 7.72. The molecule has 0 aliphatic rings. The number of nitrogens with one attached hydrogen (secondary N) is 1. The summed E-state index contributed by atoms with van der Waals surface area (Å²) in [4.78, 5) is 25.3. The summed E-state index contributed by atoms with van der Waals surface area (Å²) >= 11 is 9.17. The lowest BCUT2D eigenvalue weighted by molar-refractivity contribution is -0.120. The molecule has 0 aliphatic heterocycles. The van der Waals surface area contributed by atoms with E-state index in [1.807, 2.05) is 12.1 Å². The van der Waals surface area contributed by atoms with Gasteiger partial charge in [0.1, 0.15) is 6.54 Å². The zero-order chi connectivity index (χ0) is 16.1. The number of hydrogen-bond acceptors (Lipinski definition) is 2. The molecule has 0 aliphatic carbocycles. The molecule has 0 saturated carbocycles. The molecule has 0 atom stereocenters. The Balaban J connectivity index is 2.07. The van der Waals surface area contributed by atoms with Crippen molar-refractivity contribution in [2.75, 3.05) is 16.8 Å². The highest BCUT2D eigenvalue weighted by Gasteiger charge is 2.15. The fourth-order valence-electron chi connectivity index (χ4n) is 1.88. The van der Waals surface area contributed by atoms with Crippen LogP contribution in [-0.2, 0) is 9.59 Å². The van der Waals surface area contributed by atoms with E-state index in [0.717, 1.165) is 4.47 Å². The maximum Gasteiger partial charge on any atom is 0.244 e. The van der Waals surface area contributed by atoms with Crippen molar-refractivity contribution in [1.29, 1.82) is 0 Å². The average molecular weight is 382 g/mol. The second kappa shape index (κ2) is 7.42. The number of anilines is 2. The molecule has 0 heterocycles. The molecule has 0 unspecified atom stereocenters. The van der Waals surface area contributed by atoms with Gasteiger partial charge in [0, 0.05) is 27.8 Å². The molecule has 2 amide bonds. The number of carbonyl (C=O) groups is 2. The Hall–Kier alpha value is -1.85. The molecule has 0 spiro atoms. The Kier molecular flexibility index (Phi) is 5.57. The van der Waals surface area contributed by atoms with Gasteiger partial charge in [-0.15, -0.1) is 0 Å². The van der Waals surface area contributed by atoms with Crippen LogP contribution in [0.5, 0.6) is 0 Å². The molecule has 0 saturated heterocycles. The third-order valence-corrected chi connectivity index (χ3v) is 3.73. The van der Waals surface area contributed by atoms with Crippen LogP contribution in [0.25, 0.3) is 0 Å². The van der Waals surface area contributed by atoms with E-state index >= 15 is 0 Å². The summed E-state index contributed by atoms with van der Waals surface area (Å²) < 4.78 is 0.928. The van der Waals surface area contributed by atoms with Crippen molar-refractivity contribution < 1.29 is 9.59 Å². The largest absolute Gasteiger partial charge is 0.325 e. The molecular weight excluding hydrogens is 368 g/mol. The lowest BCUT2D eigenvalue weighted by atomic mass is 10.2. The highest BCUT2D eigenvalue weighted by molar-refractivity contribution is 9.10. The van der Waals surface area contributed by atoms with E-state index in [-0.39, 0.29) is 18.4 Å². The van der Waals surface area contributed by atoms with Crippen LogP contribution >= 0.6 is 27.5 Å². The highest BCUT2D eigenvalue weighted by atomic mass is 79.9. The molecule has 0 radical (unpaired) electrons.